The number of nitrogens with zero attached hydrogens (tertiary/aromatic N) is 4. The molecular formula is C22H28N4O2. The Morgan fingerprint density at radius 1 is 1.07 bits per heavy atom. The fourth-order valence-corrected chi connectivity index (χ4v) is 3.23. The van der Waals surface area contributed by atoms with Crippen molar-refractivity contribution in [1.29, 1.82) is 0 Å². The first-order valence-corrected chi connectivity index (χ1v) is 9.99. The Bertz CT molecular complexity index is 852. The molecule has 6 heteroatoms. The highest BCUT2D eigenvalue weighted by molar-refractivity contribution is 5.92. The molecule has 0 atom stereocenters. The van der Waals surface area contributed by atoms with E-state index in [9.17, 15) is 9.59 Å². The van der Waals surface area contributed by atoms with Crippen LogP contribution in [-0.2, 0) is 6.54 Å². The number of aryl methyl sites for hydroxylation is 1. The van der Waals surface area contributed by atoms with Crippen molar-refractivity contribution in [2.45, 2.75) is 26.3 Å². The quantitative estimate of drug-likeness (QED) is 0.741. The molecule has 0 aliphatic carbocycles. The number of benzene rings is 1. The molecule has 1 amide bonds. The maximum Gasteiger partial charge on any atom is 0.274 e. The molecule has 3 rings (SSSR count). The van der Waals surface area contributed by atoms with E-state index in [1.807, 2.05) is 23.1 Å². The molecule has 6 nitrogen and oxygen atoms in total. The highest BCUT2D eigenvalue weighted by Crippen LogP contribution is 2.08. The molecule has 2 aromatic rings. The molecule has 1 aliphatic rings. The molecule has 2 heterocycles. The number of unbranched alkanes of at least 4 members (excludes halogenated alkanes) is 1. The van der Waals surface area contributed by atoms with Gasteiger partial charge in [0.05, 0.1) is 0 Å². The second kappa shape index (κ2) is 9.99. The van der Waals surface area contributed by atoms with Gasteiger partial charge in [-0.15, -0.1) is 0 Å². The van der Waals surface area contributed by atoms with Gasteiger partial charge in [0, 0.05) is 45.3 Å². The van der Waals surface area contributed by atoms with Gasteiger partial charge >= 0.3 is 0 Å². The number of carbonyl (C=O) groups is 1. The predicted octanol–water partition coefficient (Wildman–Crippen LogP) is 2.51. The zero-order valence-corrected chi connectivity index (χ0v) is 16.5. The van der Waals surface area contributed by atoms with E-state index in [1.165, 1.54) is 16.3 Å². The smallest absolute Gasteiger partial charge is 0.274 e. The molecule has 0 saturated carbocycles. The van der Waals surface area contributed by atoms with Crippen molar-refractivity contribution >= 4 is 12.0 Å². The monoisotopic (exact) mass is 380 g/mol. The topological polar surface area (TPSA) is 58.4 Å². The van der Waals surface area contributed by atoms with E-state index in [0.717, 1.165) is 32.5 Å². The Morgan fingerprint density at radius 3 is 2.54 bits per heavy atom. The largest absolute Gasteiger partial charge is 0.335 e. The standard InChI is InChI=1S/C22H28N4O2/c1-2-3-14-26-21(27)12-11-20(23-26)22(28)25-17-15-24(16-18-25)13-7-10-19-8-5-4-6-9-19/h4-12H,2-3,13-18H2,1H3/b10-7+. The molecule has 0 unspecified atom stereocenters. The van der Waals surface area contributed by atoms with Crippen LogP contribution in [0.2, 0.25) is 0 Å². The van der Waals surface area contributed by atoms with Crippen LogP contribution in [0.25, 0.3) is 6.08 Å². The molecule has 28 heavy (non-hydrogen) atoms. The molecule has 0 spiro atoms. The normalized spacial score (nSPS) is 15.2. The van der Waals surface area contributed by atoms with Crippen LogP contribution in [0, 0.1) is 0 Å². The number of hydrogen-bond donors (Lipinski definition) is 0. The van der Waals surface area contributed by atoms with E-state index in [2.05, 4.69) is 41.2 Å². The van der Waals surface area contributed by atoms with Crippen LogP contribution in [0.15, 0.2) is 53.3 Å². The third-order valence-corrected chi connectivity index (χ3v) is 4.94. The highest BCUT2D eigenvalue weighted by atomic mass is 16.2. The van der Waals surface area contributed by atoms with E-state index < -0.39 is 0 Å². The van der Waals surface area contributed by atoms with Crippen LogP contribution in [0.1, 0.15) is 35.8 Å². The van der Waals surface area contributed by atoms with E-state index in [0.29, 0.717) is 25.3 Å². The minimum absolute atomic E-state index is 0.0928. The number of hydrogen-bond acceptors (Lipinski definition) is 4. The SMILES string of the molecule is CCCCn1nc(C(=O)N2CCN(C/C=C/c3ccccc3)CC2)ccc1=O. The summed E-state index contributed by atoms with van der Waals surface area (Å²) in [6.45, 7) is 6.51. The molecule has 1 saturated heterocycles. The molecule has 0 bridgehead atoms. The summed E-state index contributed by atoms with van der Waals surface area (Å²) in [6.07, 6.45) is 6.14. The molecule has 0 N–H and O–H groups in total. The third kappa shape index (κ3) is 5.39. The van der Waals surface area contributed by atoms with Gasteiger partial charge in [-0.05, 0) is 18.1 Å². The van der Waals surface area contributed by atoms with E-state index in [-0.39, 0.29) is 11.5 Å². The van der Waals surface area contributed by atoms with Gasteiger partial charge in [0.1, 0.15) is 5.69 Å². The van der Waals surface area contributed by atoms with Crippen molar-refractivity contribution in [3.05, 3.63) is 70.2 Å². The summed E-state index contributed by atoms with van der Waals surface area (Å²) in [5.41, 5.74) is 1.40. The molecule has 0 radical (unpaired) electrons. The molecule has 1 aromatic heterocycles. The lowest BCUT2D eigenvalue weighted by Crippen LogP contribution is -2.49. The fourth-order valence-electron chi connectivity index (χ4n) is 3.23. The number of carbonyl (C=O) groups excluding carboxylic acids is 1. The van der Waals surface area contributed by atoms with Gasteiger partial charge < -0.3 is 4.90 Å². The summed E-state index contributed by atoms with van der Waals surface area (Å²) in [6, 6.07) is 13.2. The first-order chi connectivity index (χ1) is 13.7. The maximum absolute atomic E-state index is 12.8. The zero-order valence-electron chi connectivity index (χ0n) is 16.5. The number of piperazine rings is 1. The van der Waals surface area contributed by atoms with Crippen LogP contribution in [0.3, 0.4) is 0 Å². The van der Waals surface area contributed by atoms with Crippen molar-refractivity contribution < 1.29 is 4.79 Å². The summed E-state index contributed by atoms with van der Waals surface area (Å²) in [5, 5.41) is 4.28. The second-order valence-corrected chi connectivity index (χ2v) is 7.04. The van der Waals surface area contributed by atoms with E-state index in [4.69, 9.17) is 0 Å². The highest BCUT2D eigenvalue weighted by Gasteiger charge is 2.23. The number of aromatic nitrogens is 2. The van der Waals surface area contributed by atoms with Gasteiger partial charge in [-0.3, -0.25) is 14.5 Å². The summed E-state index contributed by atoms with van der Waals surface area (Å²) in [7, 11) is 0. The molecule has 148 valence electrons. The van der Waals surface area contributed by atoms with Gasteiger partial charge in [-0.2, -0.15) is 5.10 Å². The van der Waals surface area contributed by atoms with Gasteiger partial charge in [-0.25, -0.2) is 4.68 Å². The fraction of sp³-hybridized carbons (Fsp3) is 0.409. The maximum atomic E-state index is 12.8. The van der Waals surface area contributed by atoms with Crippen LogP contribution in [0.5, 0.6) is 0 Å². The Balaban J connectivity index is 1.52. The van der Waals surface area contributed by atoms with Gasteiger partial charge in [-0.1, -0.05) is 55.8 Å². The van der Waals surface area contributed by atoms with Gasteiger partial charge in [0.2, 0.25) is 0 Å². The van der Waals surface area contributed by atoms with Crippen molar-refractivity contribution in [1.82, 2.24) is 19.6 Å². The lowest BCUT2D eigenvalue weighted by atomic mass is 10.2. The molecule has 1 aromatic carbocycles. The Hall–Kier alpha value is -2.73. The Kier molecular flexibility index (Phi) is 7.14. The third-order valence-electron chi connectivity index (χ3n) is 4.94. The zero-order chi connectivity index (χ0) is 19.8. The Morgan fingerprint density at radius 2 is 1.82 bits per heavy atom. The van der Waals surface area contributed by atoms with E-state index >= 15 is 0 Å². The number of rotatable bonds is 7. The van der Waals surface area contributed by atoms with Gasteiger partial charge in [0.15, 0.2) is 0 Å². The Labute approximate surface area is 166 Å². The molecular weight excluding hydrogens is 352 g/mol. The first-order valence-electron chi connectivity index (χ1n) is 9.99. The number of amides is 1. The average Bonchev–Trinajstić information content (AvgIpc) is 2.74. The summed E-state index contributed by atoms with van der Waals surface area (Å²) < 4.78 is 1.40. The van der Waals surface area contributed by atoms with Crippen molar-refractivity contribution in [2.24, 2.45) is 0 Å². The van der Waals surface area contributed by atoms with Crippen molar-refractivity contribution in [3.8, 4) is 0 Å². The summed E-state index contributed by atoms with van der Waals surface area (Å²) >= 11 is 0. The van der Waals surface area contributed by atoms with Crippen LogP contribution in [-0.4, -0.2) is 58.2 Å². The van der Waals surface area contributed by atoms with Crippen LogP contribution < -0.4 is 5.56 Å². The lowest BCUT2D eigenvalue weighted by molar-refractivity contribution is 0.0641. The van der Waals surface area contributed by atoms with Crippen molar-refractivity contribution in [2.75, 3.05) is 32.7 Å². The first kappa shape index (κ1) is 20.0. The minimum Gasteiger partial charge on any atom is -0.335 e. The van der Waals surface area contributed by atoms with Crippen LogP contribution in [0.4, 0.5) is 0 Å². The van der Waals surface area contributed by atoms with Gasteiger partial charge in [0.25, 0.3) is 11.5 Å². The summed E-state index contributed by atoms with van der Waals surface area (Å²) in [4.78, 5) is 28.8. The minimum atomic E-state index is -0.153. The van der Waals surface area contributed by atoms with Crippen LogP contribution >= 0.6 is 0 Å². The average molecular weight is 380 g/mol. The van der Waals surface area contributed by atoms with Crippen molar-refractivity contribution in [3.63, 3.8) is 0 Å². The second-order valence-electron chi connectivity index (χ2n) is 7.04. The molecule has 1 aliphatic heterocycles. The molecule has 1 fully saturated rings. The van der Waals surface area contributed by atoms with E-state index in [1.54, 1.807) is 6.07 Å². The summed E-state index contributed by atoms with van der Waals surface area (Å²) in [5.74, 6) is -0.0928. The predicted molar refractivity (Wildman–Crippen MR) is 111 cm³/mol. The lowest BCUT2D eigenvalue weighted by Gasteiger charge is -2.34.